The molecule has 10 heteroatoms. The van der Waals surface area contributed by atoms with Crippen molar-refractivity contribution in [3.63, 3.8) is 0 Å². The van der Waals surface area contributed by atoms with Gasteiger partial charge in [0.2, 0.25) is 0 Å². The lowest BCUT2D eigenvalue weighted by Gasteiger charge is -2.19. The second kappa shape index (κ2) is 5.74. The number of alkyl carbamates (subject to hydrolysis) is 1. The maximum Gasteiger partial charge on any atom is 0.511 e. The summed E-state index contributed by atoms with van der Waals surface area (Å²) in [6.07, 6.45) is -0.839. The zero-order valence-corrected chi connectivity index (χ0v) is 10.9. The quantitative estimate of drug-likeness (QED) is 0.756. The van der Waals surface area contributed by atoms with Gasteiger partial charge >= 0.3 is 21.6 Å². The smallest absolute Gasteiger partial charge is 0.444 e. The minimum Gasteiger partial charge on any atom is -0.444 e. The number of hydrogen-bond donors (Lipinski definition) is 2. The van der Waals surface area contributed by atoms with Crippen molar-refractivity contribution in [3.8, 4) is 0 Å². The highest BCUT2D eigenvalue weighted by atomic mass is 32.2. The summed E-state index contributed by atoms with van der Waals surface area (Å²) in [5, 5.41) is 2.11. The van der Waals surface area contributed by atoms with Crippen LogP contribution in [0.15, 0.2) is 0 Å². The summed E-state index contributed by atoms with van der Waals surface area (Å²) in [7, 11) is -5.37. The van der Waals surface area contributed by atoms with Crippen molar-refractivity contribution in [1.29, 1.82) is 0 Å². The number of amides is 1. The van der Waals surface area contributed by atoms with E-state index in [9.17, 15) is 26.4 Å². The average molecular weight is 292 g/mol. The first-order chi connectivity index (χ1) is 7.85. The van der Waals surface area contributed by atoms with Crippen LogP contribution in [0.5, 0.6) is 0 Å². The van der Waals surface area contributed by atoms with E-state index >= 15 is 0 Å². The Kier molecular flexibility index (Phi) is 5.41. The van der Waals surface area contributed by atoms with E-state index in [2.05, 4.69) is 5.32 Å². The third kappa shape index (κ3) is 6.64. The van der Waals surface area contributed by atoms with Gasteiger partial charge in [-0.1, -0.05) is 0 Å². The fraction of sp³-hybridized carbons (Fsp3) is 0.875. The maximum atomic E-state index is 11.9. The zero-order chi connectivity index (χ0) is 14.6. The number of hydrogen-bond acceptors (Lipinski definition) is 4. The molecule has 0 aromatic heterocycles. The Morgan fingerprint density at radius 1 is 1.17 bits per heavy atom. The minimum atomic E-state index is -5.37. The Morgan fingerprint density at radius 3 is 2.06 bits per heavy atom. The number of halogens is 3. The molecule has 6 nitrogen and oxygen atoms in total. The third-order valence-electron chi connectivity index (χ3n) is 1.39. The summed E-state index contributed by atoms with van der Waals surface area (Å²) in [6.45, 7) is 3.93. The molecule has 0 aromatic carbocycles. The SMILES string of the molecule is CC(C)(C)OC(=O)NCCNS(=O)(=O)C(F)(F)F. The second-order valence-corrected chi connectivity index (χ2v) is 6.03. The number of carbonyl (C=O) groups excluding carboxylic acids is 1. The molecular formula is C8H15F3N2O4S. The van der Waals surface area contributed by atoms with Crippen molar-refractivity contribution in [1.82, 2.24) is 10.0 Å². The number of rotatable bonds is 4. The molecule has 0 unspecified atom stereocenters. The van der Waals surface area contributed by atoms with E-state index in [0.29, 0.717) is 0 Å². The molecule has 18 heavy (non-hydrogen) atoms. The highest BCUT2D eigenvalue weighted by Crippen LogP contribution is 2.21. The zero-order valence-electron chi connectivity index (χ0n) is 10.1. The number of sulfonamides is 1. The van der Waals surface area contributed by atoms with Crippen LogP contribution < -0.4 is 10.0 Å². The first-order valence-corrected chi connectivity index (χ1v) is 6.36. The van der Waals surface area contributed by atoms with Gasteiger partial charge in [0.05, 0.1) is 0 Å². The minimum absolute atomic E-state index is 0.315. The third-order valence-corrected chi connectivity index (χ3v) is 2.58. The summed E-state index contributed by atoms with van der Waals surface area (Å²) in [5.41, 5.74) is -6.10. The summed E-state index contributed by atoms with van der Waals surface area (Å²) in [6, 6.07) is 0. The fourth-order valence-electron chi connectivity index (χ4n) is 0.746. The van der Waals surface area contributed by atoms with Crippen LogP contribution in [0.2, 0.25) is 0 Å². The van der Waals surface area contributed by atoms with Gasteiger partial charge in [0.15, 0.2) is 0 Å². The number of alkyl halides is 3. The molecule has 108 valence electrons. The van der Waals surface area contributed by atoms with Crippen molar-refractivity contribution in [2.45, 2.75) is 31.9 Å². The molecule has 0 atom stereocenters. The predicted molar refractivity (Wildman–Crippen MR) is 57.2 cm³/mol. The van der Waals surface area contributed by atoms with Gasteiger partial charge in [0, 0.05) is 13.1 Å². The Morgan fingerprint density at radius 2 is 1.67 bits per heavy atom. The van der Waals surface area contributed by atoms with Crippen LogP contribution >= 0.6 is 0 Å². The molecule has 1 amide bonds. The first kappa shape index (κ1) is 17.0. The van der Waals surface area contributed by atoms with Gasteiger partial charge in [-0.3, -0.25) is 0 Å². The topological polar surface area (TPSA) is 84.5 Å². The van der Waals surface area contributed by atoms with Crippen LogP contribution in [-0.4, -0.2) is 38.7 Å². The Labute approximate surface area is 103 Å². The molecule has 0 spiro atoms. The monoisotopic (exact) mass is 292 g/mol. The van der Waals surface area contributed by atoms with Crippen molar-refractivity contribution in [2.24, 2.45) is 0 Å². The standard InChI is InChI=1S/C8H15F3N2O4S/c1-7(2,3)17-6(14)12-4-5-13-18(15,16)8(9,10)11/h13H,4-5H2,1-3H3,(H,12,14). The van der Waals surface area contributed by atoms with E-state index in [1.54, 1.807) is 20.8 Å². The summed E-state index contributed by atoms with van der Waals surface area (Å²) >= 11 is 0. The van der Waals surface area contributed by atoms with Gasteiger partial charge in [0.25, 0.3) is 0 Å². The average Bonchev–Trinajstić information content (AvgIpc) is 2.07. The lowest BCUT2D eigenvalue weighted by molar-refractivity contribution is -0.0447. The summed E-state index contributed by atoms with van der Waals surface area (Å²) in [5.74, 6) is 0. The van der Waals surface area contributed by atoms with Gasteiger partial charge in [-0.05, 0) is 20.8 Å². The lowest BCUT2D eigenvalue weighted by Crippen LogP contribution is -2.41. The van der Waals surface area contributed by atoms with Crippen LogP contribution in [0.4, 0.5) is 18.0 Å². The van der Waals surface area contributed by atoms with Crippen LogP contribution in [0, 0.1) is 0 Å². The normalized spacial score (nSPS) is 13.2. The van der Waals surface area contributed by atoms with E-state index in [1.807, 2.05) is 0 Å². The molecule has 0 aliphatic heterocycles. The van der Waals surface area contributed by atoms with Crippen LogP contribution in [0.25, 0.3) is 0 Å². The highest BCUT2D eigenvalue weighted by molar-refractivity contribution is 7.90. The van der Waals surface area contributed by atoms with Gasteiger partial charge in [-0.2, -0.15) is 13.2 Å². The van der Waals surface area contributed by atoms with E-state index in [-0.39, 0.29) is 6.54 Å². The molecule has 0 heterocycles. The number of ether oxygens (including phenoxy) is 1. The molecule has 0 fully saturated rings. The second-order valence-electron chi connectivity index (χ2n) is 4.27. The Hall–Kier alpha value is -1.03. The van der Waals surface area contributed by atoms with Gasteiger partial charge in [0.1, 0.15) is 5.60 Å². The van der Waals surface area contributed by atoms with Gasteiger partial charge in [-0.25, -0.2) is 17.9 Å². The maximum absolute atomic E-state index is 11.9. The lowest BCUT2D eigenvalue weighted by atomic mass is 10.2. The summed E-state index contributed by atoms with van der Waals surface area (Å²) in [4.78, 5) is 11.0. The molecule has 0 aliphatic rings. The molecule has 0 bridgehead atoms. The van der Waals surface area contributed by atoms with E-state index in [0.717, 1.165) is 0 Å². The first-order valence-electron chi connectivity index (χ1n) is 4.88. The van der Waals surface area contributed by atoms with Crippen LogP contribution in [0.1, 0.15) is 20.8 Å². The van der Waals surface area contributed by atoms with Crippen molar-refractivity contribution < 1.29 is 31.1 Å². The van der Waals surface area contributed by atoms with Gasteiger partial charge in [-0.15, -0.1) is 0 Å². The van der Waals surface area contributed by atoms with E-state index < -0.39 is 33.8 Å². The molecule has 0 rings (SSSR count). The Bertz CT molecular complexity index is 386. The predicted octanol–water partition coefficient (Wildman–Crippen LogP) is 0.950. The molecular weight excluding hydrogens is 277 g/mol. The summed E-state index contributed by atoms with van der Waals surface area (Å²) < 4.78 is 62.8. The molecule has 0 aromatic rings. The highest BCUT2D eigenvalue weighted by Gasteiger charge is 2.45. The van der Waals surface area contributed by atoms with E-state index in [1.165, 1.54) is 4.72 Å². The fourth-order valence-corrected chi connectivity index (χ4v) is 1.28. The van der Waals surface area contributed by atoms with Crippen molar-refractivity contribution in [2.75, 3.05) is 13.1 Å². The largest absolute Gasteiger partial charge is 0.511 e. The van der Waals surface area contributed by atoms with Crippen molar-refractivity contribution in [3.05, 3.63) is 0 Å². The molecule has 0 saturated carbocycles. The van der Waals surface area contributed by atoms with Crippen LogP contribution in [0.3, 0.4) is 0 Å². The molecule has 0 saturated heterocycles. The number of carbonyl (C=O) groups is 1. The van der Waals surface area contributed by atoms with Crippen molar-refractivity contribution >= 4 is 16.1 Å². The van der Waals surface area contributed by atoms with E-state index in [4.69, 9.17) is 4.74 Å². The molecule has 2 N–H and O–H groups in total. The Balaban J connectivity index is 4.00. The number of nitrogens with one attached hydrogen (secondary N) is 2. The van der Waals surface area contributed by atoms with Crippen LogP contribution in [-0.2, 0) is 14.8 Å². The molecule has 0 aliphatic carbocycles. The molecule has 0 radical (unpaired) electrons. The van der Waals surface area contributed by atoms with Gasteiger partial charge < -0.3 is 10.1 Å².